The number of carbonyl (C=O) groups is 1. The number of aliphatic hydroxyl groups excluding tert-OH is 1. The topological polar surface area (TPSA) is 87.4 Å². The largest absolute Gasteiger partial charge is 0.478 e. The molecule has 0 spiro atoms. The first-order valence-electron chi connectivity index (χ1n) is 9.23. The van der Waals surface area contributed by atoms with Crippen molar-refractivity contribution < 1.29 is 15.0 Å². The van der Waals surface area contributed by atoms with E-state index < -0.39 is 12.1 Å². The molecule has 1 saturated carbocycles. The lowest BCUT2D eigenvalue weighted by Gasteiger charge is -2.16. The average molecular weight is 365 g/mol. The molecule has 6 nitrogen and oxygen atoms in total. The van der Waals surface area contributed by atoms with Crippen molar-refractivity contribution in [2.24, 2.45) is 5.92 Å². The lowest BCUT2D eigenvalue weighted by molar-refractivity contribution is 0.0696. The predicted molar refractivity (Wildman–Crippen MR) is 102 cm³/mol. The number of aliphatic hydroxyl groups is 1. The van der Waals surface area contributed by atoms with Crippen molar-refractivity contribution in [2.75, 3.05) is 0 Å². The van der Waals surface area contributed by atoms with Crippen molar-refractivity contribution in [1.82, 2.24) is 15.1 Å². The number of rotatable bonds is 6. The van der Waals surface area contributed by atoms with E-state index >= 15 is 0 Å². The fourth-order valence-corrected chi connectivity index (χ4v) is 3.92. The average Bonchev–Trinajstić information content (AvgIpc) is 3.27. The Morgan fingerprint density at radius 2 is 2.00 bits per heavy atom. The molecular weight excluding hydrogens is 342 g/mol. The van der Waals surface area contributed by atoms with E-state index in [9.17, 15) is 9.90 Å². The molecule has 1 fully saturated rings. The minimum absolute atomic E-state index is 0.0379. The van der Waals surface area contributed by atoms with E-state index in [0.717, 1.165) is 6.42 Å². The fourth-order valence-electron chi connectivity index (χ4n) is 3.92. The zero-order valence-corrected chi connectivity index (χ0v) is 15.0. The van der Waals surface area contributed by atoms with Crippen LogP contribution in [0.4, 0.5) is 0 Å². The van der Waals surface area contributed by atoms with Crippen LogP contribution in [-0.2, 0) is 13.1 Å². The predicted octanol–water partition coefficient (Wildman–Crippen LogP) is 2.66. The maximum Gasteiger partial charge on any atom is 0.338 e. The van der Waals surface area contributed by atoms with Gasteiger partial charge in [-0.2, -0.15) is 5.10 Å². The van der Waals surface area contributed by atoms with Crippen molar-refractivity contribution in [3.63, 3.8) is 0 Å². The molecule has 1 aliphatic rings. The van der Waals surface area contributed by atoms with E-state index in [1.807, 2.05) is 12.1 Å². The van der Waals surface area contributed by atoms with Gasteiger partial charge in [0.05, 0.1) is 17.9 Å². The summed E-state index contributed by atoms with van der Waals surface area (Å²) >= 11 is 0. The molecule has 3 N–H and O–H groups in total. The normalized spacial score (nSPS) is 22.3. The molecule has 1 heterocycles. The summed E-state index contributed by atoms with van der Waals surface area (Å²) in [5.74, 6) is -0.696. The summed E-state index contributed by atoms with van der Waals surface area (Å²) in [6.45, 7) is 1.34. The van der Waals surface area contributed by atoms with Gasteiger partial charge in [-0.3, -0.25) is 4.68 Å². The fraction of sp³-hybridized carbons (Fsp3) is 0.333. The summed E-state index contributed by atoms with van der Waals surface area (Å²) in [5.41, 5.74) is 1.39. The molecule has 0 saturated heterocycles. The third-order valence-corrected chi connectivity index (χ3v) is 5.33. The highest BCUT2D eigenvalue weighted by molar-refractivity contribution is 5.86. The second-order valence-corrected chi connectivity index (χ2v) is 7.33. The smallest absolute Gasteiger partial charge is 0.338 e. The Morgan fingerprint density at radius 3 is 2.78 bits per heavy atom. The summed E-state index contributed by atoms with van der Waals surface area (Å²) in [4.78, 5) is 11.0. The molecule has 2 aromatic carbocycles. The SMILES string of the molecule is O=C(O)c1cnn(CC2C[C@@H](O)[C@H](NCc3ccc4ccccc4c3)C2)c1. The molecule has 3 atom stereocenters. The van der Waals surface area contributed by atoms with Crippen molar-refractivity contribution in [3.8, 4) is 0 Å². The van der Waals surface area contributed by atoms with Crippen LogP contribution in [0, 0.1) is 5.92 Å². The molecular formula is C21H23N3O3. The molecule has 0 radical (unpaired) electrons. The first-order valence-corrected chi connectivity index (χ1v) is 9.23. The van der Waals surface area contributed by atoms with Crippen LogP contribution >= 0.6 is 0 Å². The number of nitrogens with zero attached hydrogens (tertiary/aromatic N) is 2. The molecule has 1 aliphatic carbocycles. The summed E-state index contributed by atoms with van der Waals surface area (Å²) in [7, 11) is 0. The van der Waals surface area contributed by atoms with Crippen LogP contribution in [0.25, 0.3) is 10.8 Å². The molecule has 0 aliphatic heterocycles. The second-order valence-electron chi connectivity index (χ2n) is 7.33. The number of benzene rings is 2. The molecule has 27 heavy (non-hydrogen) atoms. The molecule has 0 amide bonds. The summed E-state index contributed by atoms with van der Waals surface area (Å²) in [6, 6.07) is 14.7. The van der Waals surface area contributed by atoms with Gasteiger partial charge in [0.2, 0.25) is 0 Å². The summed E-state index contributed by atoms with van der Waals surface area (Å²) < 4.78 is 1.66. The van der Waals surface area contributed by atoms with Gasteiger partial charge >= 0.3 is 5.97 Å². The van der Waals surface area contributed by atoms with Gasteiger partial charge < -0.3 is 15.5 Å². The number of hydrogen-bond acceptors (Lipinski definition) is 4. The van der Waals surface area contributed by atoms with Crippen molar-refractivity contribution in [3.05, 3.63) is 66.0 Å². The molecule has 4 rings (SSSR count). The minimum atomic E-state index is -0.970. The number of carboxylic acids is 1. The van der Waals surface area contributed by atoms with Gasteiger partial charge in [-0.15, -0.1) is 0 Å². The first-order chi connectivity index (χ1) is 13.1. The van der Waals surface area contributed by atoms with Gasteiger partial charge in [0.15, 0.2) is 0 Å². The Bertz CT molecular complexity index is 953. The van der Waals surface area contributed by atoms with Crippen LogP contribution < -0.4 is 5.32 Å². The Morgan fingerprint density at radius 1 is 1.19 bits per heavy atom. The number of hydrogen-bond donors (Lipinski definition) is 3. The standard InChI is InChI=1S/C21H23N3O3/c25-20-9-15(12-24-13-18(11-23-24)21(26)27)8-19(20)22-10-14-5-6-16-3-1-2-4-17(16)7-14/h1-7,11,13,15,19-20,22,25H,8-10,12H2,(H,26,27)/t15?,19-,20-/m1/s1. The molecule has 1 unspecified atom stereocenters. The van der Waals surface area contributed by atoms with Crippen LogP contribution in [0.15, 0.2) is 54.9 Å². The van der Waals surface area contributed by atoms with Crippen molar-refractivity contribution >= 4 is 16.7 Å². The molecule has 0 bridgehead atoms. The number of fused-ring (bicyclic) bond motifs is 1. The summed E-state index contributed by atoms with van der Waals surface area (Å²) in [6.07, 6.45) is 4.05. The minimum Gasteiger partial charge on any atom is -0.478 e. The zero-order valence-electron chi connectivity index (χ0n) is 15.0. The lowest BCUT2D eigenvalue weighted by atomic mass is 10.1. The number of nitrogens with one attached hydrogen (secondary N) is 1. The van der Waals surface area contributed by atoms with Gasteiger partial charge in [0.1, 0.15) is 0 Å². The second kappa shape index (κ2) is 7.50. The molecule has 6 heteroatoms. The van der Waals surface area contributed by atoms with Crippen molar-refractivity contribution in [2.45, 2.75) is 38.1 Å². The van der Waals surface area contributed by atoms with Gasteiger partial charge in [0.25, 0.3) is 0 Å². The summed E-state index contributed by atoms with van der Waals surface area (Å²) in [5, 5.41) is 29.4. The zero-order chi connectivity index (χ0) is 18.8. The molecule has 140 valence electrons. The van der Waals surface area contributed by atoms with Crippen LogP contribution in [0.5, 0.6) is 0 Å². The lowest BCUT2D eigenvalue weighted by Crippen LogP contribution is -2.35. The van der Waals surface area contributed by atoms with Crippen LogP contribution in [0.2, 0.25) is 0 Å². The number of carboxylic acid groups (broad SMARTS) is 1. The van der Waals surface area contributed by atoms with Crippen LogP contribution in [0.1, 0.15) is 28.8 Å². The molecule has 3 aromatic rings. The quantitative estimate of drug-likeness (QED) is 0.625. The van der Waals surface area contributed by atoms with Crippen LogP contribution in [-0.4, -0.2) is 38.1 Å². The van der Waals surface area contributed by atoms with E-state index in [1.165, 1.54) is 22.5 Å². The van der Waals surface area contributed by atoms with E-state index in [4.69, 9.17) is 5.11 Å². The van der Waals surface area contributed by atoms with E-state index in [-0.39, 0.29) is 17.5 Å². The van der Waals surface area contributed by atoms with Gasteiger partial charge in [0, 0.05) is 25.3 Å². The van der Waals surface area contributed by atoms with Gasteiger partial charge in [-0.1, -0.05) is 36.4 Å². The maximum absolute atomic E-state index is 11.0. The highest BCUT2D eigenvalue weighted by Crippen LogP contribution is 2.28. The van der Waals surface area contributed by atoms with E-state index in [1.54, 1.807) is 10.9 Å². The third-order valence-electron chi connectivity index (χ3n) is 5.33. The first kappa shape index (κ1) is 17.7. The van der Waals surface area contributed by atoms with Crippen molar-refractivity contribution in [1.29, 1.82) is 0 Å². The van der Waals surface area contributed by atoms with Crippen LogP contribution in [0.3, 0.4) is 0 Å². The van der Waals surface area contributed by atoms with Gasteiger partial charge in [-0.05, 0) is 41.2 Å². The highest BCUT2D eigenvalue weighted by atomic mass is 16.4. The third kappa shape index (κ3) is 4.02. The number of aromatic carboxylic acids is 1. The monoisotopic (exact) mass is 365 g/mol. The Hall–Kier alpha value is -2.70. The number of aromatic nitrogens is 2. The van der Waals surface area contributed by atoms with Gasteiger partial charge in [-0.25, -0.2) is 4.79 Å². The molecule has 1 aromatic heterocycles. The Kier molecular flexibility index (Phi) is 4.92. The van der Waals surface area contributed by atoms with E-state index in [2.05, 4.69) is 40.7 Å². The Labute approximate surface area is 157 Å². The Balaban J connectivity index is 1.34. The van der Waals surface area contributed by atoms with E-state index in [0.29, 0.717) is 19.5 Å². The maximum atomic E-state index is 11.0. The highest BCUT2D eigenvalue weighted by Gasteiger charge is 2.32.